The van der Waals surface area contributed by atoms with E-state index in [1.54, 1.807) is 6.20 Å². The molecule has 0 aromatic carbocycles. The fourth-order valence-corrected chi connectivity index (χ4v) is 1.41. The van der Waals surface area contributed by atoms with Crippen molar-refractivity contribution in [3.05, 3.63) is 23.4 Å². The van der Waals surface area contributed by atoms with Crippen molar-refractivity contribution in [2.24, 2.45) is 5.73 Å². The average molecular weight is 211 g/mol. The first-order valence-electron chi connectivity index (χ1n) is 4.63. The zero-order chi connectivity index (χ0) is 11.4. The van der Waals surface area contributed by atoms with Crippen molar-refractivity contribution in [3.8, 4) is 0 Å². The Balaban J connectivity index is 2.98. The quantitative estimate of drug-likeness (QED) is 0.712. The highest BCUT2D eigenvalue weighted by molar-refractivity contribution is 5.43. The van der Waals surface area contributed by atoms with Gasteiger partial charge in [-0.2, -0.15) is 0 Å². The van der Waals surface area contributed by atoms with E-state index in [0.29, 0.717) is 5.82 Å². The SMILES string of the molecule is COC(OC)C(N)c1cc(C)cnc1N. The largest absolute Gasteiger partial charge is 0.383 e. The molecule has 5 nitrogen and oxygen atoms in total. The van der Waals surface area contributed by atoms with E-state index in [1.165, 1.54) is 14.2 Å². The van der Waals surface area contributed by atoms with Gasteiger partial charge in [0, 0.05) is 26.0 Å². The van der Waals surface area contributed by atoms with Gasteiger partial charge in [0.1, 0.15) is 5.82 Å². The van der Waals surface area contributed by atoms with Gasteiger partial charge in [-0.3, -0.25) is 0 Å². The third kappa shape index (κ3) is 2.65. The molecule has 4 N–H and O–H groups in total. The number of pyridine rings is 1. The molecule has 0 saturated heterocycles. The standard InChI is InChI=1S/C10H17N3O2/c1-6-4-7(9(12)13-5-6)8(11)10(14-2)15-3/h4-5,8,10H,11H2,1-3H3,(H2,12,13). The summed E-state index contributed by atoms with van der Waals surface area (Å²) in [6.07, 6.45) is 1.18. The maximum Gasteiger partial charge on any atom is 0.176 e. The summed E-state index contributed by atoms with van der Waals surface area (Å²) in [5.74, 6) is 0.409. The number of anilines is 1. The normalized spacial score (nSPS) is 13.1. The van der Waals surface area contributed by atoms with Gasteiger partial charge in [-0.25, -0.2) is 4.98 Å². The van der Waals surface area contributed by atoms with E-state index in [0.717, 1.165) is 11.1 Å². The van der Waals surface area contributed by atoms with Gasteiger partial charge in [0.25, 0.3) is 0 Å². The zero-order valence-electron chi connectivity index (χ0n) is 9.23. The molecule has 0 spiro atoms. The van der Waals surface area contributed by atoms with Crippen molar-refractivity contribution in [1.29, 1.82) is 0 Å². The Hall–Kier alpha value is -1.17. The average Bonchev–Trinajstić information content (AvgIpc) is 2.23. The topological polar surface area (TPSA) is 83.4 Å². The number of hydrogen-bond acceptors (Lipinski definition) is 5. The number of aryl methyl sites for hydroxylation is 1. The number of rotatable bonds is 4. The fraction of sp³-hybridized carbons (Fsp3) is 0.500. The summed E-state index contributed by atoms with van der Waals surface area (Å²) in [7, 11) is 3.07. The number of hydrogen-bond donors (Lipinski definition) is 2. The van der Waals surface area contributed by atoms with Crippen LogP contribution in [0.1, 0.15) is 17.2 Å². The molecule has 1 atom stereocenters. The van der Waals surface area contributed by atoms with Crippen LogP contribution >= 0.6 is 0 Å². The molecule has 1 heterocycles. The van der Waals surface area contributed by atoms with Crippen molar-refractivity contribution >= 4 is 5.82 Å². The summed E-state index contributed by atoms with van der Waals surface area (Å²) < 4.78 is 10.2. The first-order chi connectivity index (χ1) is 7.10. The molecule has 0 aliphatic carbocycles. The molecule has 84 valence electrons. The second kappa shape index (κ2) is 5.06. The van der Waals surface area contributed by atoms with E-state index in [-0.39, 0.29) is 0 Å². The number of nitrogens with zero attached hydrogens (tertiary/aromatic N) is 1. The summed E-state index contributed by atoms with van der Waals surface area (Å²) in [6.45, 7) is 1.93. The molecule has 15 heavy (non-hydrogen) atoms. The lowest BCUT2D eigenvalue weighted by Gasteiger charge is -2.22. The van der Waals surface area contributed by atoms with E-state index >= 15 is 0 Å². The molecular formula is C10H17N3O2. The minimum Gasteiger partial charge on any atom is -0.383 e. The van der Waals surface area contributed by atoms with Gasteiger partial charge in [-0.1, -0.05) is 0 Å². The molecular weight excluding hydrogens is 194 g/mol. The summed E-state index contributed by atoms with van der Waals surface area (Å²) in [4.78, 5) is 4.04. The molecule has 0 fully saturated rings. The molecule has 0 aliphatic heterocycles. The van der Waals surface area contributed by atoms with E-state index in [1.807, 2.05) is 13.0 Å². The maximum absolute atomic E-state index is 5.96. The summed E-state index contributed by atoms with van der Waals surface area (Å²) in [5.41, 5.74) is 13.4. The third-order valence-electron chi connectivity index (χ3n) is 2.20. The van der Waals surface area contributed by atoms with Crippen molar-refractivity contribution in [1.82, 2.24) is 4.98 Å². The fourth-order valence-electron chi connectivity index (χ4n) is 1.41. The number of methoxy groups -OCH3 is 2. The predicted molar refractivity (Wildman–Crippen MR) is 58.1 cm³/mol. The number of nitrogens with two attached hydrogens (primary N) is 2. The monoisotopic (exact) mass is 211 g/mol. The summed E-state index contributed by atoms with van der Waals surface area (Å²) >= 11 is 0. The van der Waals surface area contributed by atoms with Crippen LogP contribution in [-0.4, -0.2) is 25.5 Å². The molecule has 1 unspecified atom stereocenters. The smallest absolute Gasteiger partial charge is 0.176 e. The lowest BCUT2D eigenvalue weighted by molar-refractivity contribution is -0.117. The Morgan fingerprint density at radius 3 is 2.47 bits per heavy atom. The second-order valence-corrected chi connectivity index (χ2v) is 3.35. The van der Waals surface area contributed by atoms with Gasteiger partial charge in [-0.05, 0) is 18.6 Å². The van der Waals surface area contributed by atoms with E-state index in [2.05, 4.69) is 4.98 Å². The van der Waals surface area contributed by atoms with Gasteiger partial charge < -0.3 is 20.9 Å². The number of nitrogen functional groups attached to an aromatic ring is 1. The molecule has 0 amide bonds. The van der Waals surface area contributed by atoms with E-state index in [4.69, 9.17) is 20.9 Å². The van der Waals surface area contributed by atoms with Crippen LogP contribution in [0.4, 0.5) is 5.82 Å². The van der Waals surface area contributed by atoms with Crippen molar-refractivity contribution < 1.29 is 9.47 Å². The first kappa shape index (κ1) is 11.9. The Bertz CT molecular complexity index is 326. The highest BCUT2D eigenvalue weighted by Gasteiger charge is 2.21. The van der Waals surface area contributed by atoms with E-state index < -0.39 is 12.3 Å². The Morgan fingerprint density at radius 2 is 1.93 bits per heavy atom. The summed E-state index contributed by atoms with van der Waals surface area (Å²) in [6, 6.07) is 1.45. The molecule has 0 aliphatic rings. The number of ether oxygens (including phenoxy) is 2. The van der Waals surface area contributed by atoms with Crippen LogP contribution in [0.15, 0.2) is 12.3 Å². The van der Waals surface area contributed by atoms with Crippen molar-refractivity contribution in [2.45, 2.75) is 19.3 Å². The van der Waals surface area contributed by atoms with Gasteiger partial charge in [0.05, 0.1) is 6.04 Å². The molecule has 1 aromatic rings. The van der Waals surface area contributed by atoms with Gasteiger partial charge in [-0.15, -0.1) is 0 Å². The van der Waals surface area contributed by atoms with Crippen molar-refractivity contribution in [3.63, 3.8) is 0 Å². The van der Waals surface area contributed by atoms with Gasteiger partial charge in [0.15, 0.2) is 6.29 Å². The van der Waals surface area contributed by atoms with Crippen LogP contribution in [0.3, 0.4) is 0 Å². The Kier molecular flexibility index (Phi) is 4.02. The van der Waals surface area contributed by atoms with Crippen LogP contribution in [-0.2, 0) is 9.47 Å². The minimum atomic E-state index is -0.518. The molecule has 0 bridgehead atoms. The molecule has 5 heteroatoms. The molecule has 1 rings (SSSR count). The van der Waals surface area contributed by atoms with Crippen LogP contribution < -0.4 is 11.5 Å². The minimum absolute atomic E-state index is 0.409. The lowest BCUT2D eigenvalue weighted by Crippen LogP contribution is -2.30. The Labute approximate surface area is 89.4 Å². The molecule has 0 radical (unpaired) electrons. The predicted octanol–water partition coefficient (Wildman–Crippen LogP) is 0.591. The van der Waals surface area contributed by atoms with Crippen molar-refractivity contribution in [2.75, 3.05) is 20.0 Å². The summed E-state index contributed by atoms with van der Waals surface area (Å²) in [5, 5.41) is 0. The second-order valence-electron chi connectivity index (χ2n) is 3.35. The first-order valence-corrected chi connectivity index (χ1v) is 4.63. The maximum atomic E-state index is 5.96. The Morgan fingerprint density at radius 1 is 1.33 bits per heavy atom. The van der Waals surface area contributed by atoms with Crippen LogP contribution in [0.2, 0.25) is 0 Å². The third-order valence-corrected chi connectivity index (χ3v) is 2.20. The highest BCUT2D eigenvalue weighted by Crippen LogP contribution is 2.22. The number of aromatic nitrogens is 1. The van der Waals surface area contributed by atoms with Gasteiger partial charge in [0.2, 0.25) is 0 Å². The highest BCUT2D eigenvalue weighted by atomic mass is 16.7. The molecule has 1 aromatic heterocycles. The lowest BCUT2D eigenvalue weighted by atomic mass is 10.1. The van der Waals surface area contributed by atoms with Crippen LogP contribution in [0, 0.1) is 6.92 Å². The van der Waals surface area contributed by atoms with Crippen LogP contribution in [0.25, 0.3) is 0 Å². The van der Waals surface area contributed by atoms with Crippen LogP contribution in [0.5, 0.6) is 0 Å². The van der Waals surface area contributed by atoms with E-state index in [9.17, 15) is 0 Å². The van der Waals surface area contributed by atoms with Gasteiger partial charge >= 0.3 is 0 Å². The molecule has 0 saturated carbocycles. The zero-order valence-corrected chi connectivity index (χ0v) is 9.23.